The summed E-state index contributed by atoms with van der Waals surface area (Å²) < 4.78 is 0. The van der Waals surface area contributed by atoms with Gasteiger partial charge in [0.25, 0.3) is 0 Å². The average Bonchev–Trinajstić information content (AvgIpc) is 2.36. The van der Waals surface area contributed by atoms with Crippen molar-refractivity contribution < 1.29 is 0 Å². The highest BCUT2D eigenvalue weighted by molar-refractivity contribution is 5.97. The number of hydrogen-bond donors (Lipinski definition) is 1. The molecule has 2 N–H and O–H groups in total. The Morgan fingerprint density at radius 1 is 1.41 bits per heavy atom. The second-order valence-electron chi connectivity index (χ2n) is 3.90. The van der Waals surface area contributed by atoms with E-state index >= 15 is 0 Å². The molecule has 0 atom stereocenters. The minimum Gasteiger partial charge on any atom is -0.397 e. The van der Waals surface area contributed by atoms with Gasteiger partial charge in [-0.3, -0.25) is 4.98 Å². The molecular weight excluding hydrogens is 212 g/mol. The van der Waals surface area contributed by atoms with E-state index in [4.69, 9.17) is 11.0 Å². The number of nitriles is 1. The molecule has 86 valence electrons. The highest BCUT2D eigenvalue weighted by Gasteiger charge is 2.07. The van der Waals surface area contributed by atoms with Crippen molar-refractivity contribution in [1.29, 1.82) is 5.26 Å². The monoisotopic (exact) mass is 226 g/mol. The van der Waals surface area contributed by atoms with Gasteiger partial charge in [0.05, 0.1) is 23.7 Å². The highest BCUT2D eigenvalue weighted by Crippen LogP contribution is 2.27. The van der Waals surface area contributed by atoms with Gasteiger partial charge in [-0.05, 0) is 12.1 Å². The fourth-order valence-corrected chi connectivity index (χ4v) is 1.86. The molecule has 1 aromatic heterocycles. The Bertz CT molecular complexity index is 571. The molecule has 2 aromatic rings. The number of para-hydroxylation sites is 1. The third-order valence-corrected chi connectivity index (χ3v) is 2.75. The van der Waals surface area contributed by atoms with Gasteiger partial charge >= 0.3 is 0 Å². The van der Waals surface area contributed by atoms with Gasteiger partial charge in [-0.15, -0.1) is 0 Å². The molecule has 1 heterocycles. The quantitative estimate of drug-likeness (QED) is 0.814. The first-order valence-electron chi connectivity index (χ1n) is 5.45. The number of nitrogens with two attached hydrogens (primary N) is 1. The minimum atomic E-state index is 0.503. The van der Waals surface area contributed by atoms with Crippen LogP contribution in [0.15, 0.2) is 30.5 Å². The van der Waals surface area contributed by atoms with E-state index in [0.717, 1.165) is 16.6 Å². The summed E-state index contributed by atoms with van der Waals surface area (Å²) in [6, 6.07) is 9.85. The van der Waals surface area contributed by atoms with Gasteiger partial charge in [0, 0.05) is 30.9 Å². The second-order valence-corrected chi connectivity index (χ2v) is 3.90. The van der Waals surface area contributed by atoms with E-state index in [-0.39, 0.29) is 0 Å². The molecule has 0 saturated carbocycles. The van der Waals surface area contributed by atoms with Gasteiger partial charge in [0.1, 0.15) is 0 Å². The summed E-state index contributed by atoms with van der Waals surface area (Å²) in [6.07, 6.45) is 2.25. The number of hydrogen-bond acceptors (Lipinski definition) is 4. The number of nitrogens with zero attached hydrogens (tertiary/aromatic N) is 3. The first kappa shape index (κ1) is 11.2. The van der Waals surface area contributed by atoms with Crippen LogP contribution in [0.5, 0.6) is 0 Å². The largest absolute Gasteiger partial charge is 0.397 e. The van der Waals surface area contributed by atoms with Crippen molar-refractivity contribution in [2.75, 3.05) is 24.2 Å². The number of benzene rings is 1. The third kappa shape index (κ3) is 2.13. The molecule has 0 bridgehead atoms. The summed E-state index contributed by atoms with van der Waals surface area (Å²) in [7, 11) is 1.97. The van der Waals surface area contributed by atoms with Gasteiger partial charge in [0.15, 0.2) is 0 Å². The van der Waals surface area contributed by atoms with Crippen LogP contribution in [0.25, 0.3) is 10.9 Å². The summed E-state index contributed by atoms with van der Waals surface area (Å²) in [4.78, 5) is 6.34. The van der Waals surface area contributed by atoms with E-state index < -0.39 is 0 Å². The van der Waals surface area contributed by atoms with Gasteiger partial charge in [-0.2, -0.15) is 5.26 Å². The standard InChI is InChI=1S/C13H14N4/c1-17(9-3-7-14)12-6-8-16-13-10(12)4-2-5-11(13)15/h2,4-6,8H,3,9,15H2,1H3. The number of nitrogen functional groups attached to an aromatic ring is 1. The fraction of sp³-hybridized carbons (Fsp3) is 0.231. The van der Waals surface area contributed by atoms with Gasteiger partial charge in [-0.1, -0.05) is 12.1 Å². The second kappa shape index (κ2) is 4.71. The molecule has 0 aliphatic carbocycles. The average molecular weight is 226 g/mol. The first-order chi connectivity index (χ1) is 8.24. The third-order valence-electron chi connectivity index (χ3n) is 2.75. The Labute approximate surface area is 100 Å². The summed E-state index contributed by atoms with van der Waals surface area (Å²) in [5.41, 5.74) is 8.44. The highest BCUT2D eigenvalue weighted by atomic mass is 15.1. The van der Waals surface area contributed by atoms with E-state index in [0.29, 0.717) is 18.7 Å². The van der Waals surface area contributed by atoms with Crippen molar-refractivity contribution in [3.05, 3.63) is 30.5 Å². The zero-order chi connectivity index (χ0) is 12.3. The molecular formula is C13H14N4. The minimum absolute atomic E-state index is 0.503. The summed E-state index contributed by atoms with van der Waals surface area (Å²) in [6.45, 7) is 0.699. The van der Waals surface area contributed by atoms with Crippen LogP contribution < -0.4 is 10.6 Å². The SMILES string of the molecule is CN(CCC#N)c1ccnc2c(N)cccc12. The fourth-order valence-electron chi connectivity index (χ4n) is 1.86. The van der Waals surface area contributed by atoms with Gasteiger partial charge < -0.3 is 10.6 Å². The van der Waals surface area contributed by atoms with Crippen LogP contribution in [0.2, 0.25) is 0 Å². The van der Waals surface area contributed by atoms with Gasteiger partial charge in [-0.25, -0.2) is 0 Å². The van der Waals surface area contributed by atoms with Crippen LogP contribution in [0.3, 0.4) is 0 Å². The summed E-state index contributed by atoms with van der Waals surface area (Å²) in [5.74, 6) is 0. The summed E-state index contributed by atoms with van der Waals surface area (Å²) >= 11 is 0. The van der Waals surface area contributed by atoms with Crippen LogP contribution >= 0.6 is 0 Å². The number of rotatable bonds is 3. The maximum absolute atomic E-state index is 8.61. The van der Waals surface area contributed by atoms with E-state index in [9.17, 15) is 0 Å². The zero-order valence-electron chi connectivity index (χ0n) is 9.72. The van der Waals surface area contributed by atoms with E-state index in [2.05, 4.69) is 11.1 Å². The van der Waals surface area contributed by atoms with E-state index in [1.54, 1.807) is 6.20 Å². The molecule has 2 rings (SSSR count). The Kier molecular flexibility index (Phi) is 3.10. The lowest BCUT2D eigenvalue weighted by atomic mass is 10.1. The van der Waals surface area contributed by atoms with Crippen molar-refractivity contribution in [3.63, 3.8) is 0 Å². The summed E-state index contributed by atoms with van der Waals surface area (Å²) in [5, 5.41) is 9.63. The Balaban J connectivity index is 2.48. The van der Waals surface area contributed by atoms with Crippen LogP contribution in [-0.2, 0) is 0 Å². The smallest absolute Gasteiger partial charge is 0.0951 e. The first-order valence-corrected chi connectivity index (χ1v) is 5.45. The lowest BCUT2D eigenvalue weighted by Gasteiger charge is -2.19. The van der Waals surface area contributed by atoms with Crippen molar-refractivity contribution in [2.45, 2.75) is 6.42 Å². The van der Waals surface area contributed by atoms with Crippen LogP contribution in [0.4, 0.5) is 11.4 Å². The van der Waals surface area contributed by atoms with Crippen molar-refractivity contribution in [1.82, 2.24) is 4.98 Å². The molecule has 0 spiro atoms. The van der Waals surface area contributed by atoms with Crippen molar-refractivity contribution in [2.24, 2.45) is 0 Å². The lowest BCUT2D eigenvalue weighted by molar-refractivity contribution is 0.908. The Morgan fingerprint density at radius 3 is 3.00 bits per heavy atom. The van der Waals surface area contributed by atoms with Crippen molar-refractivity contribution >= 4 is 22.3 Å². The molecule has 0 unspecified atom stereocenters. The van der Waals surface area contributed by atoms with E-state index in [1.807, 2.05) is 36.2 Å². The predicted octanol–water partition coefficient (Wildman–Crippen LogP) is 2.17. The van der Waals surface area contributed by atoms with Crippen LogP contribution in [-0.4, -0.2) is 18.6 Å². The lowest BCUT2D eigenvalue weighted by Crippen LogP contribution is -2.18. The maximum atomic E-state index is 8.61. The molecule has 0 aliphatic rings. The predicted molar refractivity (Wildman–Crippen MR) is 69.7 cm³/mol. The zero-order valence-corrected chi connectivity index (χ0v) is 9.72. The molecule has 4 nitrogen and oxygen atoms in total. The van der Waals surface area contributed by atoms with Crippen LogP contribution in [0.1, 0.15) is 6.42 Å². The number of aromatic nitrogens is 1. The Morgan fingerprint density at radius 2 is 2.24 bits per heavy atom. The van der Waals surface area contributed by atoms with Gasteiger partial charge in [0.2, 0.25) is 0 Å². The number of pyridine rings is 1. The molecule has 17 heavy (non-hydrogen) atoms. The molecule has 4 heteroatoms. The molecule has 0 fully saturated rings. The molecule has 0 saturated heterocycles. The van der Waals surface area contributed by atoms with E-state index in [1.165, 1.54) is 0 Å². The number of fused-ring (bicyclic) bond motifs is 1. The molecule has 0 radical (unpaired) electrons. The molecule has 1 aromatic carbocycles. The Hall–Kier alpha value is -2.28. The normalized spacial score (nSPS) is 10.1. The molecule has 0 amide bonds. The number of anilines is 2. The topological polar surface area (TPSA) is 65.9 Å². The maximum Gasteiger partial charge on any atom is 0.0951 e. The molecule has 0 aliphatic heterocycles. The van der Waals surface area contributed by atoms with Crippen LogP contribution in [0, 0.1) is 11.3 Å². The van der Waals surface area contributed by atoms with Crippen molar-refractivity contribution in [3.8, 4) is 6.07 Å².